The second-order valence-electron chi connectivity index (χ2n) is 5.26. The highest BCUT2D eigenvalue weighted by Crippen LogP contribution is 2.29. The van der Waals surface area contributed by atoms with Crippen molar-refractivity contribution < 1.29 is 13.6 Å². The van der Waals surface area contributed by atoms with Crippen LogP contribution in [0, 0.1) is 0 Å². The average Bonchev–Trinajstić information content (AvgIpc) is 2.92. The quantitative estimate of drug-likeness (QED) is 0.807. The van der Waals surface area contributed by atoms with Gasteiger partial charge < -0.3 is 4.90 Å². The maximum absolute atomic E-state index is 13.3. The summed E-state index contributed by atoms with van der Waals surface area (Å²) in [4.78, 5) is 18.2. The summed E-state index contributed by atoms with van der Waals surface area (Å²) in [6.07, 6.45) is 3.19. The molecule has 1 amide bonds. The first-order chi connectivity index (χ1) is 10.7. The number of para-hydroxylation sites is 2. The number of benzene rings is 1. The van der Waals surface area contributed by atoms with Crippen LogP contribution in [0.1, 0.15) is 25.8 Å². The van der Waals surface area contributed by atoms with Gasteiger partial charge in [0.25, 0.3) is 0 Å². The first-order valence-electron chi connectivity index (χ1n) is 7.32. The molecule has 0 saturated carbocycles. The van der Waals surface area contributed by atoms with Gasteiger partial charge in [-0.25, -0.2) is 4.98 Å². The largest absolute Gasteiger partial charge is 0.342 e. The van der Waals surface area contributed by atoms with Crippen LogP contribution in [0.25, 0.3) is 11.0 Å². The van der Waals surface area contributed by atoms with Crippen LogP contribution in [0.15, 0.2) is 29.4 Å². The lowest BCUT2D eigenvalue weighted by atomic mass is 10.1. The van der Waals surface area contributed by atoms with Crippen LogP contribution in [0.3, 0.4) is 0 Å². The predicted octanol–water partition coefficient (Wildman–Crippen LogP) is 3.54. The van der Waals surface area contributed by atoms with Gasteiger partial charge in [0.15, 0.2) is 5.16 Å². The molecule has 1 fully saturated rings. The number of hydrogen-bond donors (Lipinski definition) is 0. The maximum atomic E-state index is 13.3. The number of imidazole rings is 1. The van der Waals surface area contributed by atoms with E-state index >= 15 is 0 Å². The number of likely N-dealkylation sites (tertiary alicyclic amines) is 1. The molecule has 0 radical (unpaired) electrons. The summed E-state index contributed by atoms with van der Waals surface area (Å²) < 4.78 is 27.5. The van der Waals surface area contributed by atoms with Crippen molar-refractivity contribution in [2.75, 3.05) is 18.8 Å². The van der Waals surface area contributed by atoms with Crippen molar-refractivity contribution in [1.29, 1.82) is 0 Å². The third-order valence-corrected chi connectivity index (χ3v) is 4.73. The number of fused-ring (bicyclic) bond motifs is 1. The highest BCUT2D eigenvalue weighted by molar-refractivity contribution is 7.99. The van der Waals surface area contributed by atoms with E-state index in [9.17, 15) is 13.6 Å². The normalized spacial score (nSPS) is 15.7. The molecular weight excluding hydrogens is 308 g/mol. The second-order valence-corrected chi connectivity index (χ2v) is 6.20. The Bertz CT molecular complexity index is 668. The molecule has 1 aromatic carbocycles. The van der Waals surface area contributed by atoms with E-state index in [2.05, 4.69) is 4.98 Å². The molecule has 0 aliphatic carbocycles. The topological polar surface area (TPSA) is 38.1 Å². The lowest BCUT2D eigenvalue weighted by Crippen LogP contribution is -2.36. The van der Waals surface area contributed by atoms with Gasteiger partial charge in [-0.15, -0.1) is 0 Å². The number of halogens is 2. The molecule has 0 spiro atoms. The van der Waals surface area contributed by atoms with E-state index in [0.717, 1.165) is 48.7 Å². The highest BCUT2D eigenvalue weighted by atomic mass is 32.2. The minimum atomic E-state index is -2.67. The fraction of sp³-hybridized carbons (Fsp3) is 0.467. The lowest BCUT2D eigenvalue weighted by Gasteiger charge is -2.26. The Kier molecular flexibility index (Phi) is 4.61. The maximum Gasteiger partial charge on any atom is 0.321 e. The Hall–Kier alpha value is -1.63. The first-order valence-corrected chi connectivity index (χ1v) is 8.31. The van der Waals surface area contributed by atoms with Crippen molar-refractivity contribution in [2.45, 2.75) is 31.0 Å². The Morgan fingerprint density at radius 1 is 1.23 bits per heavy atom. The molecule has 3 rings (SSSR count). The number of carbonyl (C=O) groups excluding carboxylic acids is 1. The summed E-state index contributed by atoms with van der Waals surface area (Å²) >= 11 is 1.08. The molecule has 0 atom stereocenters. The Morgan fingerprint density at radius 2 is 1.95 bits per heavy atom. The number of amides is 1. The zero-order valence-electron chi connectivity index (χ0n) is 12.0. The number of rotatable bonds is 4. The molecular formula is C15H17F2N3OS. The molecule has 1 aromatic heterocycles. The molecule has 0 N–H and O–H groups in total. The predicted molar refractivity (Wildman–Crippen MR) is 82.1 cm³/mol. The van der Waals surface area contributed by atoms with Crippen LogP contribution in [0.4, 0.5) is 8.78 Å². The van der Waals surface area contributed by atoms with Crippen molar-refractivity contribution in [1.82, 2.24) is 14.5 Å². The van der Waals surface area contributed by atoms with Gasteiger partial charge in [-0.05, 0) is 31.4 Å². The van der Waals surface area contributed by atoms with E-state index in [1.165, 1.54) is 0 Å². The van der Waals surface area contributed by atoms with Crippen molar-refractivity contribution in [3.05, 3.63) is 24.3 Å². The third-order valence-electron chi connectivity index (χ3n) is 3.79. The molecule has 1 aliphatic rings. The van der Waals surface area contributed by atoms with Crippen molar-refractivity contribution in [3.8, 4) is 0 Å². The van der Waals surface area contributed by atoms with Crippen LogP contribution >= 0.6 is 11.8 Å². The van der Waals surface area contributed by atoms with Gasteiger partial charge in [-0.2, -0.15) is 8.78 Å². The summed E-state index contributed by atoms with van der Waals surface area (Å²) in [5.41, 5.74) is 0.918. The third kappa shape index (κ3) is 3.09. The van der Waals surface area contributed by atoms with Crippen LogP contribution in [-0.4, -0.2) is 39.2 Å². The zero-order chi connectivity index (χ0) is 15.5. The summed E-state index contributed by atoms with van der Waals surface area (Å²) in [6, 6.07) is 6.78. The number of hydrogen-bond acceptors (Lipinski definition) is 3. The van der Waals surface area contributed by atoms with Crippen LogP contribution < -0.4 is 0 Å². The number of piperidine rings is 1. The average molecular weight is 325 g/mol. The highest BCUT2D eigenvalue weighted by Gasteiger charge is 2.21. The molecule has 2 heterocycles. The van der Waals surface area contributed by atoms with Crippen molar-refractivity contribution >= 4 is 28.7 Å². The number of nitrogens with zero attached hydrogens (tertiary/aromatic N) is 3. The minimum Gasteiger partial charge on any atom is -0.342 e. The van der Waals surface area contributed by atoms with Gasteiger partial charge >= 0.3 is 6.55 Å². The van der Waals surface area contributed by atoms with Gasteiger partial charge in [0.1, 0.15) is 0 Å². The molecule has 2 aromatic rings. The Labute approximate surface area is 131 Å². The monoisotopic (exact) mass is 325 g/mol. The fourth-order valence-electron chi connectivity index (χ4n) is 2.67. The molecule has 118 valence electrons. The van der Waals surface area contributed by atoms with Gasteiger partial charge in [-0.1, -0.05) is 23.9 Å². The number of aromatic nitrogens is 2. The van der Waals surface area contributed by atoms with Gasteiger partial charge in [-0.3, -0.25) is 9.36 Å². The molecule has 22 heavy (non-hydrogen) atoms. The Morgan fingerprint density at radius 3 is 2.68 bits per heavy atom. The molecule has 0 unspecified atom stereocenters. The molecule has 4 nitrogen and oxygen atoms in total. The minimum absolute atomic E-state index is 0.00225. The molecule has 1 saturated heterocycles. The van der Waals surface area contributed by atoms with Crippen molar-refractivity contribution in [2.24, 2.45) is 0 Å². The van der Waals surface area contributed by atoms with E-state index in [-0.39, 0.29) is 16.8 Å². The molecule has 0 bridgehead atoms. The molecule has 1 aliphatic heterocycles. The Balaban J connectivity index is 1.75. The van der Waals surface area contributed by atoms with E-state index in [1.807, 2.05) is 4.90 Å². The van der Waals surface area contributed by atoms with Crippen LogP contribution in [0.5, 0.6) is 0 Å². The van der Waals surface area contributed by atoms with Crippen LogP contribution in [0.2, 0.25) is 0 Å². The van der Waals surface area contributed by atoms with E-state index in [1.54, 1.807) is 24.3 Å². The van der Waals surface area contributed by atoms with E-state index < -0.39 is 6.55 Å². The zero-order valence-corrected chi connectivity index (χ0v) is 12.9. The fourth-order valence-corrected chi connectivity index (χ4v) is 3.59. The standard InChI is InChI=1S/C15H17F2N3OS/c16-14(17)20-12-7-3-2-6-11(12)18-15(20)22-10-13(21)19-8-4-1-5-9-19/h2-3,6-7,14H,1,4-5,8-10H2. The molecule has 7 heteroatoms. The van der Waals surface area contributed by atoms with Gasteiger partial charge in [0.05, 0.1) is 16.8 Å². The number of alkyl halides is 2. The SMILES string of the molecule is O=C(CSc1nc2ccccc2n1C(F)F)N1CCCCC1. The number of carbonyl (C=O) groups is 1. The first kappa shape index (κ1) is 15.3. The van der Waals surface area contributed by atoms with E-state index in [0.29, 0.717) is 11.0 Å². The van der Waals surface area contributed by atoms with Gasteiger partial charge in [0, 0.05) is 13.1 Å². The van der Waals surface area contributed by atoms with Gasteiger partial charge in [0.2, 0.25) is 5.91 Å². The number of thioether (sulfide) groups is 1. The summed E-state index contributed by atoms with van der Waals surface area (Å²) in [5.74, 6) is 0.147. The summed E-state index contributed by atoms with van der Waals surface area (Å²) in [5, 5.41) is 0.196. The summed E-state index contributed by atoms with van der Waals surface area (Å²) in [7, 11) is 0. The van der Waals surface area contributed by atoms with Crippen molar-refractivity contribution in [3.63, 3.8) is 0 Å². The lowest BCUT2D eigenvalue weighted by molar-refractivity contribution is -0.129. The van der Waals surface area contributed by atoms with E-state index in [4.69, 9.17) is 0 Å². The second kappa shape index (κ2) is 6.64. The van der Waals surface area contributed by atoms with Crippen LogP contribution in [-0.2, 0) is 4.79 Å². The smallest absolute Gasteiger partial charge is 0.321 e. The summed E-state index contributed by atoms with van der Waals surface area (Å²) in [6.45, 7) is -1.13.